The second-order valence-electron chi connectivity index (χ2n) is 5.09. The van der Waals surface area contributed by atoms with Gasteiger partial charge in [-0.3, -0.25) is 4.79 Å². The molecule has 1 fully saturated rings. The maximum absolute atomic E-state index is 12.3. The third-order valence-corrected chi connectivity index (χ3v) is 3.72. The fourth-order valence-corrected chi connectivity index (χ4v) is 2.33. The molecule has 2 aromatic heterocycles. The van der Waals surface area contributed by atoms with E-state index in [1.807, 2.05) is 6.92 Å². The highest BCUT2D eigenvalue weighted by Crippen LogP contribution is 2.32. The second kappa shape index (κ2) is 4.29. The molecule has 2 N–H and O–H groups in total. The number of aryl methyl sites for hydroxylation is 1. The summed E-state index contributed by atoms with van der Waals surface area (Å²) in [5, 5.41) is 15.9. The Labute approximate surface area is 114 Å². The average Bonchev–Trinajstić information content (AvgIpc) is 2.76. The van der Waals surface area contributed by atoms with Crippen molar-refractivity contribution in [2.45, 2.75) is 31.7 Å². The first-order chi connectivity index (χ1) is 9.52. The minimum Gasteiger partial charge on any atom is -0.480 e. The molecule has 20 heavy (non-hydrogen) atoms. The molecular weight excluding hydrogens is 260 g/mol. The number of nitrogens with one attached hydrogen (secondary N) is 1. The zero-order chi connectivity index (χ0) is 14.3. The van der Waals surface area contributed by atoms with Crippen LogP contribution in [0.3, 0.4) is 0 Å². The molecule has 7 nitrogen and oxygen atoms in total. The van der Waals surface area contributed by atoms with Crippen LogP contribution in [-0.2, 0) is 4.79 Å². The Bertz CT molecular complexity index is 703. The molecule has 0 atom stereocenters. The molecule has 0 spiro atoms. The molecule has 1 saturated carbocycles. The van der Waals surface area contributed by atoms with Gasteiger partial charge >= 0.3 is 5.97 Å². The first-order valence-corrected chi connectivity index (χ1v) is 6.39. The molecule has 2 aromatic rings. The molecule has 0 saturated heterocycles. The van der Waals surface area contributed by atoms with Gasteiger partial charge in [0, 0.05) is 11.9 Å². The maximum Gasteiger partial charge on any atom is 0.329 e. The summed E-state index contributed by atoms with van der Waals surface area (Å²) in [6.07, 6.45) is 4.84. The first-order valence-electron chi connectivity index (χ1n) is 6.39. The highest BCUT2D eigenvalue weighted by atomic mass is 16.4. The zero-order valence-corrected chi connectivity index (χ0v) is 11.0. The lowest BCUT2D eigenvalue weighted by atomic mass is 9.76. The lowest BCUT2D eigenvalue weighted by Gasteiger charge is -2.38. The Morgan fingerprint density at radius 3 is 2.80 bits per heavy atom. The Morgan fingerprint density at radius 1 is 1.45 bits per heavy atom. The lowest BCUT2D eigenvalue weighted by Crippen LogP contribution is -2.59. The van der Waals surface area contributed by atoms with Crippen LogP contribution in [0.4, 0.5) is 0 Å². The van der Waals surface area contributed by atoms with Crippen molar-refractivity contribution in [3.63, 3.8) is 0 Å². The minimum atomic E-state index is -1.13. The molecule has 1 amide bonds. The van der Waals surface area contributed by atoms with Gasteiger partial charge in [-0.2, -0.15) is 5.10 Å². The monoisotopic (exact) mass is 274 g/mol. The van der Waals surface area contributed by atoms with Gasteiger partial charge in [0.25, 0.3) is 5.91 Å². The van der Waals surface area contributed by atoms with Gasteiger partial charge in [0.15, 0.2) is 5.65 Å². The van der Waals surface area contributed by atoms with Crippen LogP contribution < -0.4 is 5.32 Å². The first kappa shape index (κ1) is 12.6. The number of hydrogen-bond acceptors (Lipinski definition) is 4. The SMILES string of the molecule is Cc1ccn2ncc(C(=O)NC3(C(=O)O)CCC3)c2n1. The number of aliphatic carboxylic acids is 1. The number of rotatable bonds is 3. The summed E-state index contributed by atoms with van der Waals surface area (Å²) in [6, 6.07) is 1.78. The van der Waals surface area contributed by atoms with E-state index in [1.54, 1.807) is 12.3 Å². The van der Waals surface area contributed by atoms with Gasteiger partial charge in [0.05, 0.1) is 6.20 Å². The van der Waals surface area contributed by atoms with Crippen LogP contribution in [-0.4, -0.2) is 37.1 Å². The van der Waals surface area contributed by atoms with Gasteiger partial charge < -0.3 is 10.4 Å². The number of carbonyl (C=O) groups excluding carboxylic acids is 1. The molecule has 1 aliphatic carbocycles. The average molecular weight is 274 g/mol. The summed E-state index contributed by atoms with van der Waals surface area (Å²) in [5.41, 5.74) is 0.363. The number of carbonyl (C=O) groups is 2. The number of carboxylic acids is 1. The van der Waals surface area contributed by atoms with Crippen molar-refractivity contribution in [2.24, 2.45) is 0 Å². The van der Waals surface area contributed by atoms with Crippen molar-refractivity contribution in [1.29, 1.82) is 0 Å². The Balaban J connectivity index is 1.93. The second-order valence-corrected chi connectivity index (χ2v) is 5.09. The topological polar surface area (TPSA) is 96.6 Å². The van der Waals surface area contributed by atoms with E-state index in [4.69, 9.17) is 0 Å². The standard InChI is InChI=1S/C13H14N4O3/c1-8-3-6-17-10(15-8)9(7-14-17)11(18)16-13(12(19)20)4-2-5-13/h3,6-7H,2,4-5H2,1H3,(H,16,18)(H,19,20). The molecule has 7 heteroatoms. The number of carboxylic acid groups (broad SMARTS) is 1. The molecule has 0 aromatic carbocycles. The van der Waals surface area contributed by atoms with E-state index in [1.165, 1.54) is 10.7 Å². The van der Waals surface area contributed by atoms with Crippen molar-refractivity contribution in [3.05, 3.63) is 29.7 Å². The number of hydrogen-bond donors (Lipinski definition) is 2. The van der Waals surface area contributed by atoms with Crippen LogP contribution in [0.2, 0.25) is 0 Å². The molecule has 104 valence electrons. The van der Waals surface area contributed by atoms with Crippen LogP contribution >= 0.6 is 0 Å². The van der Waals surface area contributed by atoms with Gasteiger partial charge in [-0.15, -0.1) is 0 Å². The highest BCUT2D eigenvalue weighted by Gasteiger charge is 2.46. The molecule has 2 heterocycles. The molecule has 0 unspecified atom stereocenters. The van der Waals surface area contributed by atoms with Crippen LogP contribution in [0.1, 0.15) is 35.3 Å². The predicted octanol–water partition coefficient (Wildman–Crippen LogP) is 0.775. The van der Waals surface area contributed by atoms with Crippen LogP contribution in [0.5, 0.6) is 0 Å². The van der Waals surface area contributed by atoms with E-state index < -0.39 is 17.4 Å². The zero-order valence-electron chi connectivity index (χ0n) is 11.0. The maximum atomic E-state index is 12.3. The smallest absolute Gasteiger partial charge is 0.329 e. The predicted molar refractivity (Wildman–Crippen MR) is 69.4 cm³/mol. The van der Waals surface area contributed by atoms with Crippen molar-refractivity contribution in [1.82, 2.24) is 19.9 Å². The van der Waals surface area contributed by atoms with E-state index in [2.05, 4.69) is 15.4 Å². The number of aromatic nitrogens is 3. The molecule has 0 bridgehead atoms. The number of nitrogens with zero attached hydrogens (tertiary/aromatic N) is 3. The Morgan fingerprint density at radius 2 is 2.20 bits per heavy atom. The highest BCUT2D eigenvalue weighted by molar-refractivity contribution is 6.02. The Hall–Kier alpha value is -2.44. The number of amides is 1. The van der Waals surface area contributed by atoms with E-state index in [0.29, 0.717) is 24.1 Å². The van der Waals surface area contributed by atoms with Gasteiger partial charge in [0.1, 0.15) is 11.1 Å². The minimum absolute atomic E-state index is 0.293. The van der Waals surface area contributed by atoms with Crippen molar-refractivity contribution in [2.75, 3.05) is 0 Å². The molecule has 0 aliphatic heterocycles. The van der Waals surface area contributed by atoms with Gasteiger partial charge in [-0.25, -0.2) is 14.3 Å². The fraction of sp³-hybridized carbons (Fsp3) is 0.385. The summed E-state index contributed by atoms with van der Waals surface area (Å²) in [7, 11) is 0. The quantitative estimate of drug-likeness (QED) is 0.862. The largest absolute Gasteiger partial charge is 0.480 e. The summed E-state index contributed by atoms with van der Waals surface area (Å²) >= 11 is 0. The van der Waals surface area contributed by atoms with E-state index in [0.717, 1.165) is 12.1 Å². The normalized spacial score (nSPS) is 16.6. The molecule has 0 radical (unpaired) electrons. The summed E-state index contributed by atoms with van der Waals surface area (Å²) in [5.74, 6) is -1.43. The van der Waals surface area contributed by atoms with Crippen LogP contribution in [0, 0.1) is 6.92 Å². The van der Waals surface area contributed by atoms with Gasteiger partial charge in [0.2, 0.25) is 0 Å². The molecule has 1 aliphatic rings. The van der Waals surface area contributed by atoms with Crippen molar-refractivity contribution in [3.8, 4) is 0 Å². The lowest BCUT2D eigenvalue weighted by molar-refractivity contribution is -0.148. The summed E-state index contributed by atoms with van der Waals surface area (Å²) in [6.45, 7) is 1.82. The van der Waals surface area contributed by atoms with Crippen LogP contribution in [0.15, 0.2) is 18.5 Å². The van der Waals surface area contributed by atoms with Crippen LogP contribution in [0.25, 0.3) is 5.65 Å². The van der Waals surface area contributed by atoms with Crippen molar-refractivity contribution >= 4 is 17.5 Å². The van der Waals surface area contributed by atoms with Gasteiger partial charge in [-0.1, -0.05) is 0 Å². The third kappa shape index (κ3) is 1.82. The third-order valence-electron chi connectivity index (χ3n) is 3.72. The van der Waals surface area contributed by atoms with E-state index in [-0.39, 0.29) is 0 Å². The fourth-order valence-electron chi connectivity index (χ4n) is 2.33. The van der Waals surface area contributed by atoms with E-state index in [9.17, 15) is 14.7 Å². The number of fused-ring (bicyclic) bond motifs is 1. The molecule has 3 rings (SSSR count). The van der Waals surface area contributed by atoms with Gasteiger partial charge in [-0.05, 0) is 32.3 Å². The summed E-state index contributed by atoms with van der Waals surface area (Å²) in [4.78, 5) is 27.8. The summed E-state index contributed by atoms with van der Waals surface area (Å²) < 4.78 is 1.50. The van der Waals surface area contributed by atoms with Crippen molar-refractivity contribution < 1.29 is 14.7 Å². The Kier molecular flexibility index (Phi) is 2.70. The molecular formula is C13H14N4O3. The van der Waals surface area contributed by atoms with E-state index >= 15 is 0 Å².